The zero-order valence-electron chi connectivity index (χ0n) is 11.0. The third kappa shape index (κ3) is 4.46. The van der Waals surface area contributed by atoms with Crippen LogP contribution in [0.3, 0.4) is 0 Å². The highest BCUT2D eigenvalue weighted by atomic mass is 32.2. The summed E-state index contributed by atoms with van der Waals surface area (Å²) in [5, 5.41) is 11.6. The number of rotatable bonds is 5. The minimum absolute atomic E-state index is 0.0670. The SMILES string of the molecule is CC(CO)(NCC(F)(F)F)c1ccc(S(C)(=O)=O)cc1. The highest BCUT2D eigenvalue weighted by Gasteiger charge is 2.33. The summed E-state index contributed by atoms with van der Waals surface area (Å²) in [6, 6.07) is 5.37. The van der Waals surface area contributed by atoms with Crippen LogP contribution in [0.1, 0.15) is 12.5 Å². The van der Waals surface area contributed by atoms with Gasteiger partial charge in [-0.05, 0) is 24.6 Å². The van der Waals surface area contributed by atoms with Crippen LogP contribution >= 0.6 is 0 Å². The molecule has 0 spiro atoms. The second-order valence-electron chi connectivity index (χ2n) is 4.76. The molecule has 0 amide bonds. The third-order valence-corrected chi connectivity index (χ3v) is 4.04. The maximum Gasteiger partial charge on any atom is 0.401 e. The molecule has 1 aromatic carbocycles. The van der Waals surface area contributed by atoms with E-state index in [9.17, 15) is 26.7 Å². The molecule has 0 aliphatic heterocycles. The molecular formula is C12H16F3NO3S. The van der Waals surface area contributed by atoms with Gasteiger partial charge < -0.3 is 5.11 Å². The van der Waals surface area contributed by atoms with E-state index in [1.54, 1.807) is 0 Å². The molecule has 0 aromatic heterocycles. The highest BCUT2D eigenvalue weighted by Crippen LogP contribution is 2.24. The molecule has 0 saturated heterocycles. The fourth-order valence-corrected chi connectivity index (χ4v) is 2.25. The number of hydrogen-bond acceptors (Lipinski definition) is 4. The molecule has 0 aliphatic rings. The number of sulfone groups is 1. The number of benzene rings is 1. The first-order chi connectivity index (χ1) is 8.98. The molecule has 0 bridgehead atoms. The second-order valence-corrected chi connectivity index (χ2v) is 6.77. The van der Waals surface area contributed by atoms with Gasteiger partial charge in [0, 0.05) is 6.26 Å². The van der Waals surface area contributed by atoms with E-state index in [0.29, 0.717) is 5.56 Å². The minimum atomic E-state index is -4.40. The van der Waals surface area contributed by atoms with Crippen molar-refractivity contribution in [1.82, 2.24) is 5.32 Å². The predicted octanol–water partition coefficient (Wildman–Crippen LogP) is 1.45. The summed E-state index contributed by atoms with van der Waals surface area (Å²) in [5.74, 6) is 0. The number of aliphatic hydroxyl groups excluding tert-OH is 1. The fourth-order valence-electron chi connectivity index (χ4n) is 1.61. The van der Waals surface area contributed by atoms with Crippen molar-refractivity contribution in [1.29, 1.82) is 0 Å². The number of alkyl halides is 3. The van der Waals surface area contributed by atoms with Crippen LogP contribution in [0.2, 0.25) is 0 Å². The maximum atomic E-state index is 12.2. The van der Waals surface area contributed by atoms with Crippen LogP contribution in [0.15, 0.2) is 29.2 Å². The van der Waals surface area contributed by atoms with Crippen LogP contribution in [-0.4, -0.2) is 39.1 Å². The van der Waals surface area contributed by atoms with Crippen LogP contribution in [-0.2, 0) is 15.4 Å². The average molecular weight is 311 g/mol. The Balaban J connectivity index is 3.00. The monoisotopic (exact) mass is 311 g/mol. The number of hydrogen-bond donors (Lipinski definition) is 2. The Morgan fingerprint density at radius 1 is 1.20 bits per heavy atom. The third-order valence-electron chi connectivity index (χ3n) is 2.91. The molecule has 20 heavy (non-hydrogen) atoms. The van der Waals surface area contributed by atoms with Crippen molar-refractivity contribution in [3.63, 3.8) is 0 Å². The fraction of sp³-hybridized carbons (Fsp3) is 0.500. The van der Waals surface area contributed by atoms with Crippen molar-refractivity contribution < 1.29 is 26.7 Å². The molecular weight excluding hydrogens is 295 g/mol. The Hall–Kier alpha value is -1.12. The lowest BCUT2D eigenvalue weighted by molar-refractivity contribution is -0.129. The van der Waals surface area contributed by atoms with Gasteiger partial charge in [0.1, 0.15) is 0 Å². The molecule has 4 nitrogen and oxygen atoms in total. The molecule has 1 aromatic rings. The van der Waals surface area contributed by atoms with Crippen molar-refractivity contribution in [3.05, 3.63) is 29.8 Å². The first-order valence-electron chi connectivity index (χ1n) is 5.71. The van der Waals surface area contributed by atoms with Gasteiger partial charge in [0.05, 0.1) is 23.6 Å². The normalized spacial score (nSPS) is 15.9. The largest absolute Gasteiger partial charge is 0.401 e. The average Bonchev–Trinajstić information content (AvgIpc) is 2.34. The van der Waals surface area contributed by atoms with Crippen molar-refractivity contribution in [2.75, 3.05) is 19.4 Å². The molecule has 0 fully saturated rings. The summed E-state index contributed by atoms with van der Waals surface area (Å²) < 4.78 is 59.3. The van der Waals surface area contributed by atoms with Crippen molar-refractivity contribution in [3.8, 4) is 0 Å². The van der Waals surface area contributed by atoms with E-state index in [2.05, 4.69) is 5.32 Å². The standard InChI is InChI=1S/C12H16F3NO3S/c1-11(8-17,16-7-12(13,14)15)9-3-5-10(6-4-9)20(2,18)19/h3-6,16-17H,7-8H2,1-2H3. The van der Waals surface area contributed by atoms with Gasteiger partial charge in [0.25, 0.3) is 0 Å². The van der Waals surface area contributed by atoms with Gasteiger partial charge in [-0.3, -0.25) is 5.32 Å². The molecule has 1 unspecified atom stereocenters. The van der Waals surface area contributed by atoms with Gasteiger partial charge in [-0.25, -0.2) is 8.42 Å². The molecule has 2 N–H and O–H groups in total. The summed E-state index contributed by atoms with van der Waals surface area (Å²) in [5.41, 5.74) is -0.928. The van der Waals surface area contributed by atoms with Crippen LogP contribution in [0.4, 0.5) is 13.2 Å². The second kappa shape index (κ2) is 5.71. The molecule has 1 atom stereocenters. The zero-order valence-corrected chi connectivity index (χ0v) is 11.8. The van der Waals surface area contributed by atoms with E-state index in [0.717, 1.165) is 6.26 Å². The highest BCUT2D eigenvalue weighted by molar-refractivity contribution is 7.90. The zero-order chi connectivity index (χ0) is 15.6. The van der Waals surface area contributed by atoms with Crippen LogP contribution in [0, 0.1) is 0 Å². The lowest BCUT2D eigenvalue weighted by atomic mass is 9.93. The van der Waals surface area contributed by atoms with Gasteiger partial charge in [-0.2, -0.15) is 13.2 Å². The predicted molar refractivity (Wildman–Crippen MR) is 68.0 cm³/mol. The summed E-state index contributed by atoms with van der Waals surface area (Å²) in [4.78, 5) is 0.0670. The molecule has 0 heterocycles. The molecule has 8 heteroatoms. The summed E-state index contributed by atoms with van der Waals surface area (Å²) >= 11 is 0. The van der Waals surface area contributed by atoms with Crippen molar-refractivity contribution in [2.24, 2.45) is 0 Å². The Morgan fingerprint density at radius 3 is 2.05 bits per heavy atom. The van der Waals surface area contributed by atoms with E-state index < -0.39 is 34.7 Å². The van der Waals surface area contributed by atoms with Crippen LogP contribution < -0.4 is 5.32 Å². The Bertz CT molecular complexity index is 554. The summed E-state index contributed by atoms with van der Waals surface area (Å²) in [6.45, 7) is -0.395. The number of halogens is 3. The minimum Gasteiger partial charge on any atom is -0.394 e. The molecule has 114 valence electrons. The maximum absolute atomic E-state index is 12.2. The Kier molecular flexibility index (Phi) is 4.83. The first-order valence-corrected chi connectivity index (χ1v) is 7.60. The molecule has 0 aliphatic carbocycles. The lowest BCUT2D eigenvalue weighted by Crippen LogP contribution is -2.47. The number of nitrogens with one attached hydrogen (secondary N) is 1. The Labute approximate surface area is 115 Å². The first kappa shape index (κ1) is 16.9. The van der Waals surface area contributed by atoms with E-state index in [1.807, 2.05) is 0 Å². The lowest BCUT2D eigenvalue weighted by Gasteiger charge is -2.30. The van der Waals surface area contributed by atoms with E-state index >= 15 is 0 Å². The molecule has 0 saturated carbocycles. The molecule has 1 rings (SSSR count). The smallest absolute Gasteiger partial charge is 0.394 e. The van der Waals surface area contributed by atoms with Gasteiger partial charge in [0.2, 0.25) is 0 Å². The van der Waals surface area contributed by atoms with Gasteiger partial charge in [-0.1, -0.05) is 12.1 Å². The van der Waals surface area contributed by atoms with Crippen LogP contribution in [0.25, 0.3) is 0 Å². The van der Waals surface area contributed by atoms with Crippen molar-refractivity contribution >= 4 is 9.84 Å². The van der Waals surface area contributed by atoms with Crippen LogP contribution in [0.5, 0.6) is 0 Å². The Morgan fingerprint density at radius 2 is 1.70 bits per heavy atom. The van der Waals surface area contributed by atoms with Crippen molar-refractivity contribution in [2.45, 2.75) is 23.5 Å². The van der Waals surface area contributed by atoms with E-state index in [4.69, 9.17) is 0 Å². The van der Waals surface area contributed by atoms with E-state index in [-0.39, 0.29) is 4.90 Å². The topological polar surface area (TPSA) is 66.4 Å². The number of aliphatic hydroxyl groups is 1. The molecule has 0 radical (unpaired) electrons. The quantitative estimate of drug-likeness (QED) is 0.864. The summed E-state index contributed by atoms with van der Waals surface area (Å²) in [6.07, 6.45) is -3.36. The van der Waals surface area contributed by atoms with E-state index in [1.165, 1.54) is 31.2 Å². The summed E-state index contributed by atoms with van der Waals surface area (Å²) in [7, 11) is -3.37. The van der Waals surface area contributed by atoms with Gasteiger partial charge in [0.15, 0.2) is 9.84 Å². The van der Waals surface area contributed by atoms with Gasteiger partial charge in [-0.15, -0.1) is 0 Å². The van der Waals surface area contributed by atoms with Gasteiger partial charge >= 0.3 is 6.18 Å².